The highest BCUT2D eigenvalue weighted by atomic mass is 32.1. The zero-order valence-corrected chi connectivity index (χ0v) is 11.7. The van der Waals surface area contributed by atoms with E-state index in [-0.39, 0.29) is 11.9 Å². The maximum Gasteiger partial charge on any atom is 0.223 e. The van der Waals surface area contributed by atoms with Crippen LogP contribution in [0.1, 0.15) is 24.9 Å². The van der Waals surface area contributed by atoms with Crippen molar-refractivity contribution in [2.45, 2.75) is 19.4 Å². The minimum absolute atomic E-state index is 0.0949. The van der Waals surface area contributed by atoms with Gasteiger partial charge in [0.2, 0.25) is 5.91 Å². The Morgan fingerprint density at radius 3 is 2.94 bits per heavy atom. The SMILES string of the molecule is COc1cccc(C(C)N2CC(CS)CC2=O)c1. The number of carbonyl (C=O) groups excluding carboxylic acids is 1. The van der Waals surface area contributed by atoms with Crippen LogP contribution in [0.3, 0.4) is 0 Å². The average Bonchev–Trinajstić information content (AvgIpc) is 2.79. The lowest BCUT2D eigenvalue weighted by molar-refractivity contribution is -0.129. The number of rotatable bonds is 4. The maximum atomic E-state index is 12.0. The molecular formula is C14H19NO2S. The second-order valence-electron chi connectivity index (χ2n) is 4.75. The van der Waals surface area contributed by atoms with Crippen molar-refractivity contribution in [2.24, 2.45) is 5.92 Å². The van der Waals surface area contributed by atoms with Gasteiger partial charge in [-0.2, -0.15) is 12.6 Å². The number of hydrogen-bond donors (Lipinski definition) is 1. The Balaban J connectivity index is 2.15. The third-order valence-corrected chi connectivity index (χ3v) is 4.06. The van der Waals surface area contributed by atoms with Gasteiger partial charge in [0.25, 0.3) is 0 Å². The summed E-state index contributed by atoms with van der Waals surface area (Å²) in [6, 6.07) is 8.00. The molecule has 2 unspecified atom stereocenters. The van der Waals surface area contributed by atoms with Crippen molar-refractivity contribution >= 4 is 18.5 Å². The Labute approximate surface area is 114 Å². The van der Waals surface area contributed by atoms with Crippen LogP contribution in [0.15, 0.2) is 24.3 Å². The van der Waals surface area contributed by atoms with Gasteiger partial charge in [0.05, 0.1) is 13.2 Å². The summed E-state index contributed by atoms with van der Waals surface area (Å²) in [6.07, 6.45) is 0.623. The number of benzene rings is 1. The topological polar surface area (TPSA) is 29.5 Å². The van der Waals surface area contributed by atoms with Gasteiger partial charge in [0.1, 0.15) is 5.75 Å². The molecule has 4 heteroatoms. The number of likely N-dealkylation sites (tertiary alicyclic amines) is 1. The number of nitrogens with zero attached hydrogens (tertiary/aromatic N) is 1. The summed E-state index contributed by atoms with van der Waals surface area (Å²) in [7, 11) is 1.65. The van der Waals surface area contributed by atoms with Gasteiger partial charge in [-0.25, -0.2) is 0 Å². The first kappa shape index (κ1) is 13.3. The monoisotopic (exact) mass is 265 g/mol. The summed E-state index contributed by atoms with van der Waals surface area (Å²) >= 11 is 4.29. The second-order valence-corrected chi connectivity index (χ2v) is 5.12. The van der Waals surface area contributed by atoms with Crippen LogP contribution in [0.4, 0.5) is 0 Å². The van der Waals surface area contributed by atoms with Crippen molar-refractivity contribution in [1.29, 1.82) is 0 Å². The molecule has 98 valence electrons. The lowest BCUT2D eigenvalue weighted by atomic mass is 10.1. The largest absolute Gasteiger partial charge is 0.497 e. The molecule has 1 heterocycles. The van der Waals surface area contributed by atoms with E-state index in [1.807, 2.05) is 29.2 Å². The molecular weight excluding hydrogens is 246 g/mol. The Morgan fingerprint density at radius 1 is 1.56 bits per heavy atom. The van der Waals surface area contributed by atoms with Gasteiger partial charge in [0, 0.05) is 13.0 Å². The predicted molar refractivity (Wildman–Crippen MR) is 75.1 cm³/mol. The molecule has 1 aliphatic rings. The summed E-state index contributed by atoms with van der Waals surface area (Å²) in [6.45, 7) is 2.87. The zero-order chi connectivity index (χ0) is 13.1. The molecule has 0 aromatic heterocycles. The number of thiol groups is 1. The van der Waals surface area contributed by atoms with E-state index in [1.54, 1.807) is 7.11 Å². The predicted octanol–water partition coefficient (Wildman–Crippen LogP) is 2.53. The molecule has 0 aliphatic carbocycles. The van der Waals surface area contributed by atoms with Crippen LogP contribution in [-0.2, 0) is 4.79 Å². The number of ether oxygens (including phenoxy) is 1. The van der Waals surface area contributed by atoms with E-state index in [9.17, 15) is 4.79 Å². The van der Waals surface area contributed by atoms with Crippen molar-refractivity contribution in [1.82, 2.24) is 4.90 Å². The fourth-order valence-electron chi connectivity index (χ4n) is 2.39. The summed E-state index contributed by atoms with van der Waals surface area (Å²) in [4.78, 5) is 13.9. The van der Waals surface area contributed by atoms with Crippen molar-refractivity contribution in [3.63, 3.8) is 0 Å². The van der Waals surface area contributed by atoms with Crippen LogP contribution >= 0.6 is 12.6 Å². The second kappa shape index (κ2) is 5.65. The average molecular weight is 265 g/mol. The molecule has 3 nitrogen and oxygen atoms in total. The molecule has 1 amide bonds. The molecule has 0 radical (unpaired) electrons. The fourth-order valence-corrected chi connectivity index (χ4v) is 2.63. The first-order chi connectivity index (χ1) is 8.65. The van der Waals surface area contributed by atoms with Gasteiger partial charge in [-0.3, -0.25) is 4.79 Å². The van der Waals surface area contributed by atoms with Crippen molar-refractivity contribution < 1.29 is 9.53 Å². The van der Waals surface area contributed by atoms with E-state index in [0.717, 1.165) is 23.6 Å². The molecule has 2 rings (SSSR count). The van der Waals surface area contributed by atoms with Crippen LogP contribution in [0, 0.1) is 5.92 Å². The van der Waals surface area contributed by atoms with Crippen LogP contribution in [0.5, 0.6) is 5.75 Å². The van der Waals surface area contributed by atoms with Gasteiger partial charge in [-0.1, -0.05) is 12.1 Å². The Kier molecular flexibility index (Phi) is 4.17. The third-order valence-electron chi connectivity index (χ3n) is 3.54. The van der Waals surface area contributed by atoms with E-state index >= 15 is 0 Å². The number of carbonyl (C=O) groups is 1. The molecule has 1 aromatic rings. The lowest BCUT2D eigenvalue weighted by Gasteiger charge is -2.25. The van der Waals surface area contributed by atoms with Crippen LogP contribution in [-0.4, -0.2) is 30.2 Å². The van der Waals surface area contributed by atoms with E-state index in [1.165, 1.54) is 0 Å². The van der Waals surface area contributed by atoms with Crippen molar-refractivity contribution in [2.75, 3.05) is 19.4 Å². The molecule has 1 aromatic carbocycles. The van der Waals surface area contributed by atoms with E-state index < -0.39 is 0 Å². The summed E-state index contributed by atoms with van der Waals surface area (Å²) < 4.78 is 5.22. The molecule has 18 heavy (non-hydrogen) atoms. The first-order valence-corrected chi connectivity index (χ1v) is 6.83. The van der Waals surface area contributed by atoms with Crippen LogP contribution < -0.4 is 4.74 Å². The zero-order valence-electron chi connectivity index (χ0n) is 10.8. The molecule has 0 bridgehead atoms. The van der Waals surface area contributed by atoms with Gasteiger partial charge in [-0.15, -0.1) is 0 Å². The molecule has 2 atom stereocenters. The highest BCUT2D eigenvalue weighted by Crippen LogP contribution is 2.30. The molecule has 0 spiro atoms. The van der Waals surface area contributed by atoms with Gasteiger partial charge >= 0.3 is 0 Å². The summed E-state index contributed by atoms with van der Waals surface area (Å²) in [5.74, 6) is 2.21. The fraction of sp³-hybridized carbons (Fsp3) is 0.500. The minimum Gasteiger partial charge on any atom is -0.497 e. The van der Waals surface area contributed by atoms with E-state index in [4.69, 9.17) is 4.74 Å². The highest BCUT2D eigenvalue weighted by molar-refractivity contribution is 7.80. The van der Waals surface area contributed by atoms with Gasteiger partial charge in [-0.05, 0) is 36.3 Å². The number of hydrogen-bond acceptors (Lipinski definition) is 3. The smallest absolute Gasteiger partial charge is 0.223 e. The molecule has 0 N–H and O–H groups in total. The maximum absolute atomic E-state index is 12.0. The Morgan fingerprint density at radius 2 is 2.33 bits per heavy atom. The molecule has 0 saturated carbocycles. The van der Waals surface area contributed by atoms with Crippen molar-refractivity contribution in [3.8, 4) is 5.75 Å². The Hall–Kier alpha value is -1.16. The quantitative estimate of drug-likeness (QED) is 0.848. The molecule has 1 fully saturated rings. The third kappa shape index (κ3) is 2.64. The number of amides is 1. The van der Waals surface area contributed by atoms with E-state index in [0.29, 0.717) is 12.3 Å². The minimum atomic E-state index is 0.0949. The van der Waals surface area contributed by atoms with Crippen LogP contribution in [0.2, 0.25) is 0 Å². The lowest BCUT2D eigenvalue weighted by Crippen LogP contribution is -2.28. The standard InChI is InChI=1S/C14H19NO2S/c1-10(12-4-3-5-13(7-12)17-2)15-8-11(9-18)6-14(15)16/h3-5,7,10-11,18H,6,8-9H2,1-2H3. The van der Waals surface area contributed by atoms with Gasteiger partial charge in [0.15, 0.2) is 0 Å². The van der Waals surface area contributed by atoms with Crippen molar-refractivity contribution in [3.05, 3.63) is 29.8 Å². The normalized spacial score (nSPS) is 21.2. The highest BCUT2D eigenvalue weighted by Gasteiger charge is 2.32. The summed E-state index contributed by atoms with van der Waals surface area (Å²) in [5, 5.41) is 0. The van der Waals surface area contributed by atoms with Gasteiger partial charge < -0.3 is 9.64 Å². The first-order valence-electron chi connectivity index (χ1n) is 6.20. The Bertz CT molecular complexity index is 436. The number of methoxy groups -OCH3 is 1. The van der Waals surface area contributed by atoms with E-state index in [2.05, 4.69) is 19.6 Å². The van der Waals surface area contributed by atoms with Crippen LogP contribution in [0.25, 0.3) is 0 Å². The molecule has 1 aliphatic heterocycles. The summed E-state index contributed by atoms with van der Waals surface area (Å²) in [5.41, 5.74) is 1.11. The molecule has 1 saturated heterocycles.